The van der Waals surface area contributed by atoms with Gasteiger partial charge in [0.05, 0.1) is 6.61 Å². The van der Waals surface area contributed by atoms with Crippen LogP contribution in [0, 0.1) is 0 Å². The molecule has 3 heteroatoms. The van der Waals surface area contributed by atoms with E-state index in [1.807, 2.05) is 24.3 Å². The van der Waals surface area contributed by atoms with Crippen LogP contribution >= 0.6 is 0 Å². The first-order valence-electron chi connectivity index (χ1n) is 5.40. The molecule has 0 atom stereocenters. The third-order valence-corrected chi connectivity index (χ3v) is 2.33. The van der Waals surface area contributed by atoms with Gasteiger partial charge < -0.3 is 14.7 Å². The van der Waals surface area contributed by atoms with Crippen molar-refractivity contribution in [1.82, 2.24) is 0 Å². The molecule has 0 aromatic heterocycles. The molecule has 0 saturated carbocycles. The quantitative estimate of drug-likeness (QED) is 0.776. The van der Waals surface area contributed by atoms with Gasteiger partial charge in [0.2, 0.25) is 0 Å². The van der Waals surface area contributed by atoms with Gasteiger partial charge in [-0.25, -0.2) is 0 Å². The number of nitrogens with zero attached hydrogens (tertiary/aromatic N) is 1. The van der Waals surface area contributed by atoms with E-state index in [1.54, 1.807) is 0 Å². The van der Waals surface area contributed by atoms with Crippen LogP contribution in [0.25, 0.3) is 0 Å². The van der Waals surface area contributed by atoms with E-state index in [-0.39, 0.29) is 6.61 Å². The number of rotatable bonds is 6. The van der Waals surface area contributed by atoms with Gasteiger partial charge in [0.15, 0.2) is 0 Å². The number of anilines is 1. The largest absolute Gasteiger partial charge is 0.491 e. The van der Waals surface area contributed by atoms with E-state index in [0.717, 1.165) is 18.8 Å². The molecule has 0 aliphatic heterocycles. The van der Waals surface area contributed by atoms with Crippen molar-refractivity contribution in [3.8, 4) is 5.75 Å². The molecule has 0 amide bonds. The van der Waals surface area contributed by atoms with Crippen molar-refractivity contribution in [2.75, 3.05) is 31.2 Å². The van der Waals surface area contributed by atoms with Gasteiger partial charge in [0.1, 0.15) is 12.4 Å². The number of ether oxygens (including phenoxy) is 1. The number of benzene rings is 1. The van der Waals surface area contributed by atoms with Crippen LogP contribution in [0.3, 0.4) is 0 Å². The van der Waals surface area contributed by atoms with Crippen LogP contribution in [0.15, 0.2) is 24.3 Å². The SMILES string of the molecule is CCN(CC)c1ccc(OCCO)cc1. The number of aliphatic hydroxyl groups excluding tert-OH is 1. The van der Waals surface area contributed by atoms with Crippen LogP contribution in [0.4, 0.5) is 5.69 Å². The molecule has 0 spiro atoms. The average Bonchev–Trinajstić information content (AvgIpc) is 2.29. The Labute approximate surface area is 91.3 Å². The third kappa shape index (κ3) is 3.44. The van der Waals surface area contributed by atoms with E-state index in [0.29, 0.717) is 6.61 Å². The second-order valence-corrected chi connectivity index (χ2v) is 3.24. The number of hydrogen-bond donors (Lipinski definition) is 1. The maximum absolute atomic E-state index is 8.61. The van der Waals surface area contributed by atoms with E-state index in [1.165, 1.54) is 5.69 Å². The minimum Gasteiger partial charge on any atom is -0.491 e. The lowest BCUT2D eigenvalue weighted by Crippen LogP contribution is -2.21. The highest BCUT2D eigenvalue weighted by molar-refractivity contribution is 5.48. The summed E-state index contributed by atoms with van der Waals surface area (Å²) in [5.74, 6) is 0.806. The van der Waals surface area contributed by atoms with Gasteiger partial charge in [-0.3, -0.25) is 0 Å². The van der Waals surface area contributed by atoms with Crippen molar-refractivity contribution in [3.63, 3.8) is 0 Å². The lowest BCUT2D eigenvalue weighted by Gasteiger charge is -2.21. The summed E-state index contributed by atoms with van der Waals surface area (Å²) in [6.07, 6.45) is 0. The summed E-state index contributed by atoms with van der Waals surface area (Å²) in [5.41, 5.74) is 1.20. The Kier molecular flexibility index (Phi) is 4.98. The molecule has 3 nitrogen and oxygen atoms in total. The predicted octanol–water partition coefficient (Wildman–Crippen LogP) is 1.90. The standard InChI is InChI=1S/C12H19NO2/c1-3-13(4-2)11-5-7-12(8-6-11)15-10-9-14/h5-8,14H,3-4,9-10H2,1-2H3. The molecule has 84 valence electrons. The van der Waals surface area contributed by atoms with E-state index in [9.17, 15) is 0 Å². The van der Waals surface area contributed by atoms with Crippen molar-refractivity contribution in [2.45, 2.75) is 13.8 Å². The van der Waals surface area contributed by atoms with Crippen LogP contribution < -0.4 is 9.64 Å². The fraction of sp³-hybridized carbons (Fsp3) is 0.500. The first kappa shape index (κ1) is 11.9. The highest BCUT2D eigenvalue weighted by Crippen LogP contribution is 2.18. The zero-order valence-corrected chi connectivity index (χ0v) is 9.44. The van der Waals surface area contributed by atoms with Gasteiger partial charge in [-0.1, -0.05) is 0 Å². The summed E-state index contributed by atoms with van der Waals surface area (Å²) in [6.45, 7) is 6.70. The molecule has 15 heavy (non-hydrogen) atoms. The monoisotopic (exact) mass is 209 g/mol. The smallest absolute Gasteiger partial charge is 0.119 e. The van der Waals surface area contributed by atoms with Crippen molar-refractivity contribution < 1.29 is 9.84 Å². The normalized spacial score (nSPS) is 10.1. The van der Waals surface area contributed by atoms with Crippen LogP contribution in [0.1, 0.15) is 13.8 Å². The fourth-order valence-electron chi connectivity index (χ4n) is 1.51. The summed E-state index contributed by atoms with van der Waals surface area (Å²) in [6, 6.07) is 7.95. The van der Waals surface area contributed by atoms with Crippen LogP contribution in [-0.4, -0.2) is 31.4 Å². The second-order valence-electron chi connectivity index (χ2n) is 3.24. The molecule has 1 aromatic rings. The predicted molar refractivity (Wildman–Crippen MR) is 62.6 cm³/mol. The molecule has 0 aliphatic rings. The first-order valence-corrected chi connectivity index (χ1v) is 5.40. The van der Waals surface area contributed by atoms with Gasteiger partial charge in [-0.05, 0) is 38.1 Å². The molecular weight excluding hydrogens is 190 g/mol. The lowest BCUT2D eigenvalue weighted by molar-refractivity contribution is 0.201. The fourth-order valence-corrected chi connectivity index (χ4v) is 1.51. The Hall–Kier alpha value is -1.22. The molecule has 0 saturated heterocycles. The molecule has 1 rings (SSSR count). The minimum absolute atomic E-state index is 0.0534. The summed E-state index contributed by atoms with van der Waals surface area (Å²) in [7, 11) is 0. The Balaban J connectivity index is 2.62. The molecule has 1 aromatic carbocycles. The van der Waals surface area contributed by atoms with Crippen LogP contribution in [0.2, 0.25) is 0 Å². The van der Waals surface area contributed by atoms with Gasteiger partial charge >= 0.3 is 0 Å². The van der Waals surface area contributed by atoms with Crippen molar-refractivity contribution in [1.29, 1.82) is 0 Å². The summed E-state index contributed by atoms with van der Waals surface area (Å²) < 4.78 is 5.29. The van der Waals surface area contributed by atoms with Crippen LogP contribution in [-0.2, 0) is 0 Å². The summed E-state index contributed by atoms with van der Waals surface area (Å²) >= 11 is 0. The zero-order valence-electron chi connectivity index (χ0n) is 9.44. The average molecular weight is 209 g/mol. The molecule has 0 unspecified atom stereocenters. The molecule has 1 N–H and O–H groups in total. The molecular formula is C12H19NO2. The molecule has 0 aliphatic carbocycles. The maximum atomic E-state index is 8.61. The van der Waals surface area contributed by atoms with E-state index in [2.05, 4.69) is 18.7 Å². The van der Waals surface area contributed by atoms with Crippen molar-refractivity contribution in [2.24, 2.45) is 0 Å². The van der Waals surface area contributed by atoms with Crippen molar-refractivity contribution >= 4 is 5.69 Å². The van der Waals surface area contributed by atoms with Crippen LogP contribution in [0.5, 0.6) is 5.75 Å². The Morgan fingerprint density at radius 1 is 1.13 bits per heavy atom. The van der Waals surface area contributed by atoms with E-state index >= 15 is 0 Å². The molecule has 0 radical (unpaired) electrons. The first-order chi connectivity index (χ1) is 7.31. The van der Waals surface area contributed by atoms with Gasteiger partial charge in [0, 0.05) is 18.8 Å². The Morgan fingerprint density at radius 2 is 1.73 bits per heavy atom. The summed E-state index contributed by atoms with van der Waals surface area (Å²) in [5, 5.41) is 8.61. The highest BCUT2D eigenvalue weighted by atomic mass is 16.5. The Bertz CT molecular complexity index is 267. The second kappa shape index (κ2) is 6.30. The number of hydrogen-bond acceptors (Lipinski definition) is 3. The minimum atomic E-state index is 0.0534. The highest BCUT2D eigenvalue weighted by Gasteiger charge is 2.01. The topological polar surface area (TPSA) is 32.7 Å². The number of aliphatic hydroxyl groups is 1. The van der Waals surface area contributed by atoms with Gasteiger partial charge in [0.25, 0.3) is 0 Å². The molecule has 0 heterocycles. The zero-order chi connectivity index (χ0) is 11.1. The van der Waals surface area contributed by atoms with Gasteiger partial charge in [-0.15, -0.1) is 0 Å². The van der Waals surface area contributed by atoms with Crippen molar-refractivity contribution in [3.05, 3.63) is 24.3 Å². The lowest BCUT2D eigenvalue weighted by atomic mass is 10.2. The molecule has 0 fully saturated rings. The van der Waals surface area contributed by atoms with E-state index in [4.69, 9.17) is 9.84 Å². The van der Waals surface area contributed by atoms with E-state index < -0.39 is 0 Å². The van der Waals surface area contributed by atoms with Gasteiger partial charge in [-0.2, -0.15) is 0 Å². The Morgan fingerprint density at radius 3 is 2.20 bits per heavy atom. The molecule has 0 bridgehead atoms. The summed E-state index contributed by atoms with van der Waals surface area (Å²) in [4.78, 5) is 2.27. The maximum Gasteiger partial charge on any atom is 0.119 e. The third-order valence-electron chi connectivity index (χ3n) is 2.33.